The lowest BCUT2D eigenvalue weighted by atomic mass is 10.0. The highest BCUT2D eigenvalue weighted by molar-refractivity contribution is 14.0. The van der Waals surface area contributed by atoms with Crippen LogP contribution < -0.4 is 10.6 Å². The van der Waals surface area contributed by atoms with Crippen LogP contribution in [0.1, 0.15) is 53.4 Å². The summed E-state index contributed by atoms with van der Waals surface area (Å²) in [6.07, 6.45) is 5.26. The van der Waals surface area contributed by atoms with E-state index in [1.807, 2.05) is 7.05 Å². The summed E-state index contributed by atoms with van der Waals surface area (Å²) in [5.74, 6) is 1.79. The van der Waals surface area contributed by atoms with Crippen molar-refractivity contribution in [2.24, 2.45) is 10.9 Å². The molecule has 21 heavy (non-hydrogen) atoms. The van der Waals surface area contributed by atoms with Gasteiger partial charge in [0.25, 0.3) is 0 Å². The van der Waals surface area contributed by atoms with Crippen LogP contribution in [0.15, 0.2) is 4.99 Å². The zero-order chi connectivity index (χ0) is 15.0. The Labute approximate surface area is 148 Å². The van der Waals surface area contributed by atoms with Crippen LogP contribution in [0, 0.1) is 5.92 Å². The van der Waals surface area contributed by atoms with Crippen LogP contribution in [0.3, 0.4) is 0 Å². The zero-order valence-electron chi connectivity index (χ0n) is 14.5. The minimum absolute atomic E-state index is 0. The van der Waals surface area contributed by atoms with Gasteiger partial charge in [0.1, 0.15) is 0 Å². The largest absolute Gasteiger partial charge is 0.356 e. The molecule has 0 aliphatic carbocycles. The summed E-state index contributed by atoms with van der Waals surface area (Å²) in [7, 11) is 1.83. The Balaban J connectivity index is 0.00000400. The zero-order valence-corrected chi connectivity index (χ0v) is 16.9. The molecule has 0 aromatic rings. The van der Waals surface area contributed by atoms with Gasteiger partial charge in [0.15, 0.2) is 5.96 Å². The molecule has 0 radical (unpaired) electrons. The lowest BCUT2D eigenvalue weighted by Gasteiger charge is -2.30. The molecule has 1 unspecified atom stereocenters. The molecular weight excluding hydrogens is 375 g/mol. The summed E-state index contributed by atoms with van der Waals surface area (Å²) < 4.78 is 0. The van der Waals surface area contributed by atoms with E-state index in [0.717, 1.165) is 18.4 Å². The second kappa shape index (κ2) is 10.6. The number of nitrogens with one attached hydrogen (secondary N) is 2. The van der Waals surface area contributed by atoms with Crippen LogP contribution in [0.2, 0.25) is 0 Å². The van der Waals surface area contributed by atoms with Crippen LogP contribution in [-0.4, -0.2) is 49.6 Å². The monoisotopic (exact) mass is 410 g/mol. The van der Waals surface area contributed by atoms with Crippen molar-refractivity contribution in [3.8, 4) is 0 Å². The van der Waals surface area contributed by atoms with Gasteiger partial charge in [0, 0.05) is 25.7 Å². The summed E-state index contributed by atoms with van der Waals surface area (Å²) in [4.78, 5) is 6.88. The van der Waals surface area contributed by atoms with Crippen molar-refractivity contribution in [3.63, 3.8) is 0 Å². The average Bonchev–Trinajstić information content (AvgIpc) is 2.35. The van der Waals surface area contributed by atoms with E-state index in [4.69, 9.17) is 0 Å². The first-order valence-electron chi connectivity index (χ1n) is 8.12. The Kier molecular flexibility index (Phi) is 10.6. The van der Waals surface area contributed by atoms with Crippen molar-refractivity contribution in [1.29, 1.82) is 0 Å². The molecule has 4 nitrogen and oxygen atoms in total. The number of hydrogen-bond donors (Lipinski definition) is 2. The number of unbranched alkanes of at least 4 members (excludes halogenated alkanes) is 1. The molecule has 1 aliphatic rings. The van der Waals surface area contributed by atoms with E-state index >= 15 is 0 Å². The maximum atomic E-state index is 4.25. The second-order valence-corrected chi connectivity index (χ2v) is 7.13. The third kappa shape index (κ3) is 10.3. The molecule has 126 valence electrons. The van der Waals surface area contributed by atoms with E-state index in [9.17, 15) is 0 Å². The van der Waals surface area contributed by atoms with Gasteiger partial charge in [0.05, 0.1) is 0 Å². The molecule has 1 heterocycles. The smallest absolute Gasteiger partial charge is 0.191 e. The second-order valence-electron chi connectivity index (χ2n) is 7.13. The van der Waals surface area contributed by atoms with E-state index in [0.29, 0.717) is 0 Å². The standard InChI is InChI=1S/C16H34N4.HI/c1-14-9-8-12-20(13-14)11-7-6-10-18-15(17-5)19-16(2,3)4;/h14H,6-13H2,1-5H3,(H2,17,18,19);1H. The number of hydrogen-bond acceptors (Lipinski definition) is 2. The fourth-order valence-corrected chi connectivity index (χ4v) is 2.69. The van der Waals surface area contributed by atoms with E-state index in [-0.39, 0.29) is 29.5 Å². The first-order valence-corrected chi connectivity index (χ1v) is 8.12. The van der Waals surface area contributed by atoms with Gasteiger partial charge in [-0.05, 0) is 65.5 Å². The van der Waals surface area contributed by atoms with E-state index < -0.39 is 0 Å². The van der Waals surface area contributed by atoms with Gasteiger partial charge < -0.3 is 15.5 Å². The Morgan fingerprint density at radius 1 is 1.29 bits per heavy atom. The molecule has 0 aromatic carbocycles. The Bertz CT molecular complexity index is 299. The molecule has 1 saturated heterocycles. The Morgan fingerprint density at radius 3 is 2.57 bits per heavy atom. The number of piperidine rings is 1. The highest BCUT2D eigenvalue weighted by Crippen LogP contribution is 2.15. The lowest BCUT2D eigenvalue weighted by Crippen LogP contribution is -2.47. The van der Waals surface area contributed by atoms with E-state index in [2.05, 4.69) is 48.2 Å². The van der Waals surface area contributed by atoms with Crippen molar-refractivity contribution in [3.05, 3.63) is 0 Å². The van der Waals surface area contributed by atoms with Gasteiger partial charge in [-0.15, -0.1) is 24.0 Å². The quantitative estimate of drug-likeness (QED) is 0.317. The summed E-state index contributed by atoms with van der Waals surface area (Å²) in [5.41, 5.74) is 0.0613. The summed E-state index contributed by atoms with van der Waals surface area (Å²) >= 11 is 0. The third-order valence-electron chi connectivity index (χ3n) is 3.65. The maximum Gasteiger partial charge on any atom is 0.191 e. The van der Waals surface area contributed by atoms with Crippen LogP contribution >= 0.6 is 24.0 Å². The van der Waals surface area contributed by atoms with Crippen LogP contribution in [0.25, 0.3) is 0 Å². The molecule has 0 saturated carbocycles. The predicted octanol–water partition coefficient (Wildman–Crippen LogP) is 3.08. The van der Waals surface area contributed by atoms with Gasteiger partial charge in [0.2, 0.25) is 0 Å². The predicted molar refractivity (Wildman–Crippen MR) is 104 cm³/mol. The molecule has 2 N–H and O–H groups in total. The van der Waals surface area contributed by atoms with E-state index in [1.54, 1.807) is 0 Å². The summed E-state index contributed by atoms with van der Waals surface area (Å²) in [6, 6.07) is 0. The topological polar surface area (TPSA) is 39.7 Å². The molecule has 1 rings (SSSR count). The fourth-order valence-electron chi connectivity index (χ4n) is 2.69. The highest BCUT2D eigenvalue weighted by Gasteiger charge is 2.15. The first kappa shape index (κ1) is 21.0. The van der Waals surface area contributed by atoms with Gasteiger partial charge in [-0.3, -0.25) is 4.99 Å². The van der Waals surface area contributed by atoms with Crippen molar-refractivity contribution < 1.29 is 0 Å². The number of aliphatic imine (C=N–C) groups is 1. The number of nitrogens with zero attached hydrogens (tertiary/aromatic N) is 2. The van der Waals surface area contributed by atoms with Crippen molar-refractivity contribution >= 4 is 29.9 Å². The number of likely N-dealkylation sites (tertiary alicyclic amines) is 1. The normalized spacial score (nSPS) is 20.8. The molecule has 0 bridgehead atoms. The Hall–Kier alpha value is -0.0400. The van der Waals surface area contributed by atoms with Gasteiger partial charge in [-0.25, -0.2) is 0 Å². The van der Waals surface area contributed by atoms with Crippen LogP contribution in [0.4, 0.5) is 0 Å². The molecule has 0 amide bonds. The van der Waals surface area contributed by atoms with E-state index in [1.165, 1.54) is 45.3 Å². The number of halogens is 1. The van der Waals surface area contributed by atoms with Gasteiger partial charge in [-0.2, -0.15) is 0 Å². The van der Waals surface area contributed by atoms with Crippen molar-refractivity contribution in [1.82, 2.24) is 15.5 Å². The minimum Gasteiger partial charge on any atom is -0.356 e. The highest BCUT2D eigenvalue weighted by atomic mass is 127. The molecule has 5 heteroatoms. The maximum absolute atomic E-state index is 4.25. The average molecular weight is 410 g/mol. The van der Waals surface area contributed by atoms with Crippen LogP contribution in [-0.2, 0) is 0 Å². The summed E-state index contributed by atoms with van der Waals surface area (Å²) in [6.45, 7) is 13.7. The molecule has 1 fully saturated rings. The number of rotatable bonds is 5. The summed E-state index contributed by atoms with van der Waals surface area (Å²) in [5, 5.41) is 6.77. The molecule has 0 spiro atoms. The molecule has 1 atom stereocenters. The van der Waals surface area contributed by atoms with Crippen LogP contribution in [0.5, 0.6) is 0 Å². The minimum atomic E-state index is 0. The molecular formula is C16H35IN4. The van der Waals surface area contributed by atoms with Crippen molar-refractivity contribution in [2.75, 3.05) is 33.2 Å². The molecule has 0 aromatic heterocycles. The Morgan fingerprint density at radius 2 is 2.00 bits per heavy atom. The first-order chi connectivity index (χ1) is 9.40. The lowest BCUT2D eigenvalue weighted by molar-refractivity contribution is 0.181. The fraction of sp³-hybridized carbons (Fsp3) is 0.938. The van der Waals surface area contributed by atoms with Crippen molar-refractivity contribution in [2.45, 2.75) is 58.9 Å². The number of guanidine groups is 1. The van der Waals surface area contributed by atoms with Gasteiger partial charge in [-0.1, -0.05) is 6.92 Å². The third-order valence-corrected chi connectivity index (χ3v) is 3.65. The SMILES string of the molecule is CN=C(NCCCCN1CCCC(C)C1)NC(C)(C)C.I. The molecule has 1 aliphatic heterocycles. The van der Waals surface area contributed by atoms with Gasteiger partial charge >= 0.3 is 0 Å².